The molecule has 0 amide bonds. The molecule has 158 valence electrons. The van der Waals surface area contributed by atoms with Gasteiger partial charge in [0.25, 0.3) is 0 Å². The zero-order chi connectivity index (χ0) is 20.6. The van der Waals surface area contributed by atoms with Gasteiger partial charge in [0.1, 0.15) is 22.5 Å². The fourth-order valence-corrected chi connectivity index (χ4v) is 6.86. The van der Waals surface area contributed by atoms with Crippen LogP contribution in [-0.2, 0) is 10.0 Å². The summed E-state index contributed by atoms with van der Waals surface area (Å²) in [4.78, 5) is 0.330. The van der Waals surface area contributed by atoms with E-state index in [0.29, 0.717) is 35.7 Å². The first-order chi connectivity index (χ1) is 13.9. The Morgan fingerprint density at radius 2 is 1.72 bits per heavy atom. The van der Waals surface area contributed by atoms with Crippen LogP contribution < -0.4 is 9.47 Å². The van der Waals surface area contributed by atoms with Crippen molar-refractivity contribution in [3.63, 3.8) is 0 Å². The third-order valence-corrected chi connectivity index (χ3v) is 8.09. The van der Waals surface area contributed by atoms with Gasteiger partial charge in [-0.05, 0) is 57.4 Å². The van der Waals surface area contributed by atoms with Gasteiger partial charge in [-0.15, -0.1) is 0 Å². The van der Waals surface area contributed by atoms with Gasteiger partial charge in [0.2, 0.25) is 10.0 Å². The number of sulfonamides is 1. The zero-order valence-corrected chi connectivity index (χ0v) is 18.0. The summed E-state index contributed by atoms with van der Waals surface area (Å²) in [5, 5.41) is 6.88. The highest BCUT2D eigenvalue weighted by molar-refractivity contribution is 7.89. The molecular weight excluding hydrogens is 390 g/mol. The third-order valence-electron chi connectivity index (χ3n) is 5.82. The van der Waals surface area contributed by atoms with E-state index in [2.05, 4.69) is 17.1 Å². The fourth-order valence-electron chi connectivity index (χ4n) is 4.63. The number of ether oxygens (including phenoxy) is 2. The van der Waals surface area contributed by atoms with Gasteiger partial charge in [0.15, 0.2) is 0 Å². The van der Waals surface area contributed by atoms with Gasteiger partial charge in [0, 0.05) is 24.9 Å². The minimum absolute atomic E-state index is 0.0212. The molecule has 1 aromatic heterocycles. The summed E-state index contributed by atoms with van der Waals surface area (Å²) in [6.07, 6.45) is 4.17. The molecule has 1 N–H and O–H groups in total. The monoisotopic (exact) mass is 419 g/mol. The Kier molecular flexibility index (Phi) is 5.57. The quantitative estimate of drug-likeness (QED) is 0.742. The SMILES string of the molecule is CCCOc1ccc(OC2CC3CCC(C2)N3S(=O)(=O)c2c(C)n[nH]c2C)cc1. The maximum Gasteiger partial charge on any atom is 0.247 e. The van der Waals surface area contributed by atoms with Gasteiger partial charge in [-0.1, -0.05) is 6.92 Å². The number of nitrogens with one attached hydrogen (secondary N) is 1. The van der Waals surface area contributed by atoms with Crippen molar-refractivity contribution in [1.29, 1.82) is 0 Å². The Balaban J connectivity index is 1.45. The van der Waals surface area contributed by atoms with Gasteiger partial charge < -0.3 is 9.47 Å². The Hall–Kier alpha value is -2.06. The molecule has 2 aliphatic heterocycles. The van der Waals surface area contributed by atoms with Crippen LogP contribution in [-0.4, -0.2) is 47.7 Å². The van der Waals surface area contributed by atoms with Crippen LogP contribution in [0, 0.1) is 13.8 Å². The molecule has 2 fully saturated rings. The average Bonchev–Trinajstić information content (AvgIpc) is 3.18. The molecule has 2 saturated heterocycles. The van der Waals surface area contributed by atoms with E-state index in [1.807, 2.05) is 24.3 Å². The van der Waals surface area contributed by atoms with Crippen LogP contribution in [0.2, 0.25) is 0 Å². The summed E-state index contributed by atoms with van der Waals surface area (Å²) in [6, 6.07) is 7.64. The number of hydrogen-bond acceptors (Lipinski definition) is 5. The number of nitrogens with zero attached hydrogens (tertiary/aromatic N) is 2. The normalized spacial score (nSPS) is 24.6. The van der Waals surface area contributed by atoms with Gasteiger partial charge in [-0.25, -0.2) is 8.42 Å². The first kappa shape index (κ1) is 20.2. The highest BCUT2D eigenvalue weighted by atomic mass is 32.2. The predicted molar refractivity (Wildman–Crippen MR) is 110 cm³/mol. The molecule has 2 bridgehead atoms. The molecule has 1 aromatic carbocycles. The Labute approximate surface area is 172 Å². The number of hydrogen-bond donors (Lipinski definition) is 1. The molecule has 2 aromatic rings. The molecular formula is C21H29N3O4S. The highest BCUT2D eigenvalue weighted by Gasteiger charge is 2.48. The van der Waals surface area contributed by atoms with Crippen molar-refractivity contribution in [2.45, 2.75) is 76.0 Å². The lowest BCUT2D eigenvalue weighted by Gasteiger charge is -2.37. The highest BCUT2D eigenvalue weighted by Crippen LogP contribution is 2.41. The minimum atomic E-state index is -3.56. The van der Waals surface area contributed by atoms with Crippen molar-refractivity contribution in [2.75, 3.05) is 6.61 Å². The number of rotatable bonds is 7. The van der Waals surface area contributed by atoms with Crippen molar-refractivity contribution < 1.29 is 17.9 Å². The maximum atomic E-state index is 13.4. The first-order valence-corrected chi connectivity index (χ1v) is 11.8. The van der Waals surface area contributed by atoms with Crippen molar-refractivity contribution in [3.8, 4) is 11.5 Å². The van der Waals surface area contributed by atoms with E-state index in [-0.39, 0.29) is 18.2 Å². The van der Waals surface area contributed by atoms with Crippen LogP contribution in [0.1, 0.15) is 50.4 Å². The third kappa shape index (κ3) is 3.88. The van der Waals surface area contributed by atoms with Crippen LogP contribution in [0.15, 0.2) is 29.2 Å². The maximum absolute atomic E-state index is 13.4. The lowest BCUT2D eigenvalue weighted by Crippen LogP contribution is -2.49. The lowest BCUT2D eigenvalue weighted by molar-refractivity contribution is 0.0955. The zero-order valence-electron chi connectivity index (χ0n) is 17.2. The predicted octanol–water partition coefficient (Wildman–Crippen LogP) is 3.58. The molecule has 2 aliphatic rings. The summed E-state index contributed by atoms with van der Waals surface area (Å²) >= 11 is 0. The molecule has 0 aliphatic carbocycles. The molecule has 7 nitrogen and oxygen atoms in total. The molecule has 4 rings (SSSR count). The second kappa shape index (κ2) is 7.99. The molecule has 0 radical (unpaired) electrons. The molecule has 2 atom stereocenters. The number of fused-ring (bicyclic) bond motifs is 2. The number of H-pyrrole nitrogens is 1. The van der Waals surface area contributed by atoms with Crippen molar-refractivity contribution in [3.05, 3.63) is 35.7 Å². The van der Waals surface area contributed by atoms with E-state index in [0.717, 1.165) is 30.8 Å². The fraction of sp³-hybridized carbons (Fsp3) is 0.571. The van der Waals surface area contributed by atoms with Gasteiger partial charge in [-0.2, -0.15) is 9.40 Å². The van der Waals surface area contributed by atoms with E-state index < -0.39 is 10.0 Å². The van der Waals surface area contributed by atoms with Gasteiger partial charge in [0.05, 0.1) is 18.0 Å². The summed E-state index contributed by atoms with van der Waals surface area (Å²) in [7, 11) is -3.56. The lowest BCUT2D eigenvalue weighted by atomic mass is 10.0. The molecule has 2 unspecified atom stereocenters. The van der Waals surface area contributed by atoms with Crippen molar-refractivity contribution in [2.24, 2.45) is 0 Å². The second-order valence-electron chi connectivity index (χ2n) is 8.01. The van der Waals surface area contributed by atoms with Crippen LogP contribution in [0.25, 0.3) is 0 Å². The number of aryl methyl sites for hydroxylation is 2. The van der Waals surface area contributed by atoms with E-state index >= 15 is 0 Å². The van der Waals surface area contributed by atoms with Gasteiger partial charge in [-0.3, -0.25) is 5.10 Å². The second-order valence-corrected chi connectivity index (χ2v) is 9.79. The van der Waals surface area contributed by atoms with Crippen LogP contribution in [0.4, 0.5) is 0 Å². The van der Waals surface area contributed by atoms with E-state index in [4.69, 9.17) is 9.47 Å². The number of piperidine rings is 1. The molecule has 8 heteroatoms. The Morgan fingerprint density at radius 1 is 1.10 bits per heavy atom. The van der Waals surface area contributed by atoms with Crippen LogP contribution in [0.3, 0.4) is 0 Å². The molecule has 3 heterocycles. The number of benzene rings is 1. The number of aromatic nitrogens is 2. The Morgan fingerprint density at radius 3 is 2.28 bits per heavy atom. The number of aromatic amines is 1. The smallest absolute Gasteiger partial charge is 0.247 e. The largest absolute Gasteiger partial charge is 0.494 e. The summed E-state index contributed by atoms with van der Waals surface area (Å²) < 4.78 is 40.2. The average molecular weight is 420 g/mol. The van der Waals surface area contributed by atoms with Crippen LogP contribution in [0.5, 0.6) is 11.5 Å². The van der Waals surface area contributed by atoms with Crippen molar-refractivity contribution >= 4 is 10.0 Å². The Bertz CT molecular complexity index is 921. The van der Waals surface area contributed by atoms with Crippen LogP contribution >= 0.6 is 0 Å². The van der Waals surface area contributed by atoms with E-state index in [1.54, 1.807) is 18.2 Å². The summed E-state index contributed by atoms with van der Waals surface area (Å²) in [5.41, 5.74) is 1.14. The van der Waals surface area contributed by atoms with E-state index in [9.17, 15) is 8.42 Å². The molecule has 0 saturated carbocycles. The molecule has 29 heavy (non-hydrogen) atoms. The minimum Gasteiger partial charge on any atom is -0.494 e. The topological polar surface area (TPSA) is 84.5 Å². The summed E-state index contributed by atoms with van der Waals surface area (Å²) in [5.74, 6) is 1.64. The first-order valence-electron chi connectivity index (χ1n) is 10.3. The van der Waals surface area contributed by atoms with Gasteiger partial charge >= 0.3 is 0 Å². The van der Waals surface area contributed by atoms with E-state index in [1.165, 1.54) is 0 Å². The van der Waals surface area contributed by atoms with Crippen molar-refractivity contribution in [1.82, 2.24) is 14.5 Å². The standard InChI is InChI=1S/C21H29N3O4S/c1-4-11-27-18-7-9-19(10-8-18)28-20-12-16-5-6-17(13-20)24(16)29(25,26)21-14(2)22-23-15(21)3/h7-10,16-17,20H,4-6,11-13H2,1-3H3,(H,22,23). The summed E-state index contributed by atoms with van der Waals surface area (Å²) in [6.45, 7) is 6.28. The molecule has 0 spiro atoms.